The van der Waals surface area contributed by atoms with E-state index in [0.717, 1.165) is 19.3 Å². The first-order chi connectivity index (χ1) is 5.31. The molecule has 0 saturated heterocycles. The summed E-state index contributed by atoms with van der Waals surface area (Å²) in [7, 11) is 0. The Kier molecular flexibility index (Phi) is 6.89. The molecule has 0 aliphatic rings. The molecule has 0 aromatic rings. The van der Waals surface area contributed by atoms with Gasteiger partial charge in [0.1, 0.15) is 0 Å². The highest BCUT2D eigenvalue weighted by Gasteiger charge is 1.95. The first-order valence-corrected chi connectivity index (χ1v) is 3.96. The van der Waals surface area contributed by atoms with Crippen molar-refractivity contribution in [3.8, 4) is 0 Å². The largest absolute Gasteiger partial charge is 0.447 e. The monoisotopic (exact) mass is 173 g/mol. The number of nitrogens with zero attached hydrogens (tertiary/aromatic N) is 1. The van der Waals surface area contributed by atoms with Crippen LogP contribution in [0, 0.1) is 0 Å². The van der Waals surface area contributed by atoms with Gasteiger partial charge in [-0.05, 0) is 18.6 Å². The van der Waals surface area contributed by atoms with Gasteiger partial charge in [-0.2, -0.15) is 0 Å². The molecule has 0 saturated carbocycles. The van der Waals surface area contributed by atoms with Crippen LogP contribution in [0.15, 0.2) is 4.99 Å². The van der Waals surface area contributed by atoms with Gasteiger partial charge in [-0.15, -0.1) is 4.99 Å². The number of carbonyl (C=O) groups excluding carboxylic acids is 1. The maximum atomic E-state index is 10.5. The topological polar surface area (TPSA) is 38.7 Å². The lowest BCUT2D eigenvalue weighted by molar-refractivity contribution is 0.155. The van der Waals surface area contributed by atoms with E-state index in [1.807, 2.05) is 5.16 Å². The molecule has 0 rings (SSSR count). The fourth-order valence-electron chi connectivity index (χ4n) is 0.581. The Hall–Kier alpha value is -0.730. The van der Waals surface area contributed by atoms with Crippen molar-refractivity contribution in [2.45, 2.75) is 26.2 Å². The lowest BCUT2D eigenvalue weighted by Crippen LogP contribution is -1.99. The van der Waals surface area contributed by atoms with Crippen molar-refractivity contribution < 1.29 is 9.53 Å². The molecule has 0 aliphatic carbocycles. The van der Waals surface area contributed by atoms with E-state index in [1.165, 1.54) is 0 Å². The Labute approximate surface area is 71.5 Å². The molecular formula is C7H11NO2S. The molecule has 0 aromatic heterocycles. The highest BCUT2D eigenvalue weighted by atomic mass is 32.1. The standard InChI is InChI=1S/C7H11NO2S/c1-2-3-4-5-10-7(9)8-6-11/h2-5H2,1H3. The van der Waals surface area contributed by atoms with Crippen LogP contribution in [0.3, 0.4) is 0 Å². The van der Waals surface area contributed by atoms with Gasteiger partial charge < -0.3 is 4.74 Å². The summed E-state index contributed by atoms with van der Waals surface area (Å²) in [6, 6.07) is 0. The van der Waals surface area contributed by atoms with Gasteiger partial charge in [0.15, 0.2) is 0 Å². The third kappa shape index (κ3) is 7.16. The minimum Gasteiger partial charge on any atom is -0.447 e. The van der Waals surface area contributed by atoms with E-state index < -0.39 is 6.09 Å². The number of carbonyl (C=O) groups is 1. The molecule has 4 heteroatoms. The number of isothiocyanates is 1. The van der Waals surface area contributed by atoms with E-state index in [-0.39, 0.29) is 0 Å². The van der Waals surface area contributed by atoms with Crippen LogP contribution in [0.4, 0.5) is 4.79 Å². The van der Waals surface area contributed by atoms with E-state index in [0.29, 0.717) is 6.61 Å². The zero-order valence-corrected chi connectivity index (χ0v) is 7.32. The molecule has 11 heavy (non-hydrogen) atoms. The third-order valence-corrected chi connectivity index (χ3v) is 1.20. The molecule has 0 aromatic carbocycles. The summed E-state index contributed by atoms with van der Waals surface area (Å²) in [5.41, 5.74) is 0. The number of rotatable bonds is 4. The van der Waals surface area contributed by atoms with Crippen LogP contribution in [-0.4, -0.2) is 17.9 Å². The fraction of sp³-hybridized carbons (Fsp3) is 0.714. The molecule has 0 N–H and O–H groups in total. The van der Waals surface area contributed by atoms with Gasteiger partial charge in [-0.25, -0.2) is 4.79 Å². The molecule has 0 radical (unpaired) electrons. The smallest absolute Gasteiger partial charge is 0.442 e. The Morgan fingerprint density at radius 2 is 2.36 bits per heavy atom. The maximum absolute atomic E-state index is 10.5. The third-order valence-electron chi connectivity index (χ3n) is 1.11. The molecule has 62 valence electrons. The zero-order valence-electron chi connectivity index (χ0n) is 6.50. The second-order valence-corrected chi connectivity index (χ2v) is 2.21. The Balaban J connectivity index is 3.24. The van der Waals surface area contributed by atoms with Crippen molar-refractivity contribution in [2.75, 3.05) is 6.61 Å². The van der Waals surface area contributed by atoms with E-state index >= 15 is 0 Å². The van der Waals surface area contributed by atoms with Crippen molar-refractivity contribution in [3.05, 3.63) is 0 Å². The first-order valence-electron chi connectivity index (χ1n) is 3.56. The second kappa shape index (κ2) is 7.38. The van der Waals surface area contributed by atoms with Crippen molar-refractivity contribution in [3.63, 3.8) is 0 Å². The molecule has 3 nitrogen and oxygen atoms in total. The summed E-state index contributed by atoms with van der Waals surface area (Å²) in [5, 5.41) is 1.94. The van der Waals surface area contributed by atoms with E-state index in [2.05, 4.69) is 28.9 Å². The normalized spacial score (nSPS) is 8.45. The van der Waals surface area contributed by atoms with Crippen molar-refractivity contribution >= 4 is 23.5 Å². The number of thiocarbonyl (C=S) groups is 1. The zero-order chi connectivity index (χ0) is 8.53. The van der Waals surface area contributed by atoms with E-state index in [1.54, 1.807) is 0 Å². The SMILES string of the molecule is CCCCCOC(=O)N=C=S. The van der Waals surface area contributed by atoms with Gasteiger partial charge >= 0.3 is 6.09 Å². The second-order valence-electron chi connectivity index (χ2n) is 2.02. The van der Waals surface area contributed by atoms with E-state index in [9.17, 15) is 4.79 Å². The van der Waals surface area contributed by atoms with Crippen molar-refractivity contribution in [1.29, 1.82) is 0 Å². The Morgan fingerprint density at radius 1 is 1.64 bits per heavy atom. The Bertz CT molecular complexity index is 164. The van der Waals surface area contributed by atoms with Crippen molar-refractivity contribution in [1.82, 2.24) is 0 Å². The molecule has 1 amide bonds. The highest BCUT2D eigenvalue weighted by Crippen LogP contribution is 1.94. The molecule has 0 heterocycles. The number of unbranched alkanes of at least 4 members (excludes halogenated alkanes) is 2. The van der Waals surface area contributed by atoms with Gasteiger partial charge in [-0.1, -0.05) is 19.8 Å². The number of ether oxygens (including phenoxy) is 1. The average molecular weight is 173 g/mol. The summed E-state index contributed by atoms with van der Waals surface area (Å²) in [5.74, 6) is 0. The minimum absolute atomic E-state index is 0.424. The molecule has 0 spiro atoms. The summed E-state index contributed by atoms with van der Waals surface area (Å²) < 4.78 is 4.65. The van der Waals surface area contributed by atoms with Gasteiger partial charge in [-0.3, -0.25) is 0 Å². The maximum Gasteiger partial charge on any atom is 0.442 e. The number of aliphatic imine (C=N–C) groups is 1. The van der Waals surface area contributed by atoms with Gasteiger partial charge in [0.25, 0.3) is 0 Å². The number of hydrogen-bond donors (Lipinski definition) is 0. The van der Waals surface area contributed by atoms with Crippen LogP contribution >= 0.6 is 12.2 Å². The van der Waals surface area contributed by atoms with E-state index in [4.69, 9.17) is 0 Å². The molecular weight excluding hydrogens is 162 g/mol. The molecule has 0 fully saturated rings. The summed E-state index contributed by atoms with van der Waals surface area (Å²) >= 11 is 4.21. The first kappa shape index (κ1) is 10.3. The lowest BCUT2D eigenvalue weighted by atomic mass is 10.3. The van der Waals surface area contributed by atoms with Crippen LogP contribution in [-0.2, 0) is 4.74 Å². The summed E-state index contributed by atoms with van der Waals surface area (Å²) in [6.07, 6.45) is 2.41. The molecule has 0 bridgehead atoms. The van der Waals surface area contributed by atoms with Crippen LogP contribution in [0.2, 0.25) is 0 Å². The molecule has 0 atom stereocenters. The summed E-state index contributed by atoms with van der Waals surface area (Å²) in [4.78, 5) is 13.6. The predicted octanol–water partition coefficient (Wildman–Crippen LogP) is 2.42. The highest BCUT2D eigenvalue weighted by molar-refractivity contribution is 7.78. The van der Waals surface area contributed by atoms with Crippen LogP contribution < -0.4 is 0 Å². The minimum atomic E-state index is -0.642. The average Bonchev–Trinajstić information content (AvgIpc) is 1.99. The van der Waals surface area contributed by atoms with Crippen molar-refractivity contribution in [2.24, 2.45) is 4.99 Å². The fourth-order valence-corrected chi connectivity index (χ4v) is 0.656. The Morgan fingerprint density at radius 3 is 2.91 bits per heavy atom. The van der Waals surface area contributed by atoms with Crippen LogP contribution in [0.25, 0.3) is 0 Å². The summed E-state index contributed by atoms with van der Waals surface area (Å²) in [6.45, 7) is 2.50. The van der Waals surface area contributed by atoms with Gasteiger partial charge in [0.2, 0.25) is 0 Å². The van der Waals surface area contributed by atoms with Gasteiger partial charge in [0, 0.05) is 0 Å². The molecule has 0 aliphatic heterocycles. The lowest BCUT2D eigenvalue weighted by Gasteiger charge is -1.97. The van der Waals surface area contributed by atoms with Gasteiger partial charge in [0.05, 0.1) is 11.8 Å². The van der Waals surface area contributed by atoms with Crippen LogP contribution in [0.5, 0.6) is 0 Å². The quantitative estimate of drug-likeness (QED) is 0.372. The number of amides is 1. The molecule has 0 unspecified atom stereocenters. The predicted molar refractivity (Wildman–Crippen MR) is 45.9 cm³/mol. The van der Waals surface area contributed by atoms with Crippen LogP contribution in [0.1, 0.15) is 26.2 Å². The number of hydrogen-bond acceptors (Lipinski definition) is 3.